The monoisotopic (exact) mass is 325 g/mol. The fraction of sp³-hybridized carbons (Fsp3) is 0.357. The first-order valence-electron chi connectivity index (χ1n) is 6.49. The molecule has 2 aromatic rings. The van der Waals surface area contributed by atoms with Gasteiger partial charge in [-0.25, -0.2) is 4.39 Å². The molecule has 0 saturated carbocycles. The van der Waals surface area contributed by atoms with Crippen molar-refractivity contribution in [1.82, 2.24) is 10.2 Å². The second-order valence-electron chi connectivity index (χ2n) is 4.85. The summed E-state index contributed by atoms with van der Waals surface area (Å²) < 4.78 is 14.2. The molecule has 2 rings (SSSR count). The number of rotatable bonds is 5. The van der Waals surface area contributed by atoms with Crippen LogP contribution in [0.15, 0.2) is 22.5 Å². The smallest absolute Gasteiger partial charge is 0.230 e. The van der Waals surface area contributed by atoms with Crippen molar-refractivity contribution >= 4 is 34.1 Å². The highest BCUT2D eigenvalue weighted by molar-refractivity contribution is 8.01. The van der Waals surface area contributed by atoms with Gasteiger partial charge in [0, 0.05) is 5.25 Å². The number of thioether (sulfide) groups is 1. The number of amides is 1. The topological polar surface area (TPSA) is 54.9 Å². The van der Waals surface area contributed by atoms with Crippen molar-refractivity contribution in [2.24, 2.45) is 0 Å². The summed E-state index contributed by atoms with van der Waals surface area (Å²) >= 11 is 2.94. The molecular weight excluding hydrogens is 309 g/mol. The average Bonchev–Trinajstić information content (AvgIpc) is 2.80. The van der Waals surface area contributed by atoms with Crippen LogP contribution in [0, 0.1) is 12.7 Å². The molecule has 0 unspecified atom stereocenters. The van der Waals surface area contributed by atoms with E-state index < -0.39 is 0 Å². The predicted octanol–water partition coefficient (Wildman–Crippen LogP) is 3.67. The Bertz CT molecular complexity index is 643. The number of aromatic nitrogens is 2. The van der Waals surface area contributed by atoms with E-state index >= 15 is 0 Å². The lowest BCUT2D eigenvalue weighted by molar-refractivity contribution is -0.115. The van der Waals surface area contributed by atoms with E-state index in [-0.39, 0.29) is 18.1 Å². The maximum absolute atomic E-state index is 13.4. The molecule has 0 spiro atoms. The van der Waals surface area contributed by atoms with Gasteiger partial charge in [-0.3, -0.25) is 4.79 Å². The second-order valence-corrected chi connectivity index (χ2v) is 7.65. The summed E-state index contributed by atoms with van der Waals surface area (Å²) in [5, 5.41) is 11.5. The average molecular weight is 325 g/mol. The molecule has 0 aliphatic heterocycles. The van der Waals surface area contributed by atoms with Crippen LogP contribution in [-0.2, 0) is 11.2 Å². The second kappa shape index (κ2) is 7.00. The number of nitrogens with one attached hydrogen (secondary N) is 1. The summed E-state index contributed by atoms with van der Waals surface area (Å²) in [7, 11) is 0. The quantitative estimate of drug-likeness (QED) is 0.673. The number of hydrogen-bond acceptors (Lipinski definition) is 5. The Labute approximate surface area is 131 Å². The fourth-order valence-electron chi connectivity index (χ4n) is 1.60. The van der Waals surface area contributed by atoms with Crippen molar-refractivity contribution in [3.05, 3.63) is 35.1 Å². The molecule has 1 heterocycles. The zero-order chi connectivity index (χ0) is 15.4. The molecule has 1 aromatic heterocycles. The fourth-order valence-corrected chi connectivity index (χ4v) is 3.60. The van der Waals surface area contributed by atoms with Crippen molar-refractivity contribution in [3.8, 4) is 0 Å². The van der Waals surface area contributed by atoms with Crippen LogP contribution in [-0.4, -0.2) is 21.4 Å². The van der Waals surface area contributed by atoms with E-state index in [2.05, 4.69) is 29.4 Å². The van der Waals surface area contributed by atoms with Crippen molar-refractivity contribution < 1.29 is 9.18 Å². The van der Waals surface area contributed by atoms with Gasteiger partial charge in [0.2, 0.25) is 11.0 Å². The molecule has 112 valence electrons. The number of carbonyl (C=O) groups is 1. The van der Waals surface area contributed by atoms with Crippen LogP contribution in [0.25, 0.3) is 0 Å². The normalized spacial score (nSPS) is 10.9. The summed E-state index contributed by atoms with van der Waals surface area (Å²) in [5.74, 6) is -0.526. The number of nitrogens with zero attached hydrogens (tertiary/aromatic N) is 2. The lowest BCUT2D eigenvalue weighted by Crippen LogP contribution is -2.14. The summed E-state index contributed by atoms with van der Waals surface area (Å²) in [6.07, 6.45) is 0.115. The van der Waals surface area contributed by atoms with Gasteiger partial charge in [-0.2, -0.15) is 0 Å². The summed E-state index contributed by atoms with van der Waals surface area (Å²) in [5.41, 5.74) is 1.20. The minimum atomic E-state index is -0.299. The van der Waals surface area contributed by atoms with Gasteiger partial charge in [-0.1, -0.05) is 49.1 Å². The molecule has 0 fully saturated rings. The molecule has 1 amide bonds. The van der Waals surface area contributed by atoms with Gasteiger partial charge in [0.05, 0.1) is 6.42 Å². The lowest BCUT2D eigenvalue weighted by Gasteiger charge is -2.03. The Morgan fingerprint density at radius 1 is 1.43 bits per heavy atom. The van der Waals surface area contributed by atoms with Gasteiger partial charge in [0.25, 0.3) is 0 Å². The first kappa shape index (κ1) is 15.9. The molecule has 0 radical (unpaired) electrons. The van der Waals surface area contributed by atoms with Crippen molar-refractivity contribution in [2.75, 3.05) is 5.32 Å². The van der Waals surface area contributed by atoms with Crippen LogP contribution in [0.1, 0.15) is 25.0 Å². The Hall–Kier alpha value is -1.47. The molecule has 0 aliphatic rings. The number of hydrogen-bond donors (Lipinski definition) is 1. The van der Waals surface area contributed by atoms with E-state index in [0.29, 0.717) is 21.5 Å². The van der Waals surface area contributed by atoms with Crippen molar-refractivity contribution in [1.29, 1.82) is 0 Å². The Kier molecular flexibility index (Phi) is 5.30. The van der Waals surface area contributed by atoms with Crippen LogP contribution in [0.2, 0.25) is 0 Å². The number of carbonyl (C=O) groups excluding carboxylic acids is 1. The summed E-state index contributed by atoms with van der Waals surface area (Å²) in [4.78, 5) is 11.9. The molecular formula is C14H16FN3OS2. The van der Waals surface area contributed by atoms with Crippen LogP contribution in [0.4, 0.5) is 9.52 Å². The van der Waals surface area contributed by atoms with Gasteiger partial charge in [-0.05, 0) is 24.1 Å². The molecule has 1 N–H and O–H groups in total. The zero-order valence-electron chi connectivity index (χ0n) is 12.0. The molecule has 0 atom stereocenters. The number of anilines is 1. The molecule has 0 bridgehead atoms. The summed E-state index contributed by atoms with van der Waals surface area (Å²) in [6, 6.07) is 4.80. The number of aryl methyl sites for hydroxylation is 1. The molecule has 0 aliphatic carbocycles. The van der Waals surface area contributed by atoms with E-state index in [1.54, 1.807) is 30.8 Å². The van der Waals surface area contributed by atoms with E-state index in [1.807, 2.05) is 0 Å². The third kappa shape index (κ3) is 4.78. The minimum absolute atomic E-state index is 0.115. The number of benzene rings is 1. The largest absolute Gasteiger partial charge is 0.300 e. The van der Waals surface area contributed by atoms with Gasteiger partial charge in [0.1, 0.15) is 5.82 Å². The lowest BCUT2D eigenvalue weighted by atomic mass is 10.1. The highest BCUT2D eigenvalue weighted by Gasteiger charge is 2.11. The van der Waals surface area contributed by atoms with Crippen LogP contribution >= 0.6 is 23.1 Å². The van der Waals surface area contributed by atoms with Crippen molar-refractivity contribution in [2.45, 2.75) is 36.8 Å². The Balaban J connectivity index is 1.95. The van der Waals surface area contributed by atoms with E-state index in [0.717, 1.165) is 4.34 Å². The summed E-state index contributed by atoms with van der Waals surface area (Å²) in [6.45, 7) is 5.82. The first-order valence-corrected chi connectivity index (χ1v) is 8.18. The highest BCUT2D eigenvalue weighted by Crippen LogP contribution is 2.28. The number of halogens is 1. The predicted molar refractivity (Wildman–Crippen MR) is 84.4 cm³/mol. The van der Waals surface area contributed by atoms with Gasteiger partial charge >= 0.3 is 0 Å². The molecule has 1 aromatic carbocycles. The molecule has 7 heteroatoms. The maximum atomic E-state index is 13.4. The standard InChI is InChI=1S/C14H16FN3OS2/c1-8(2)20-14-18-17-13(21-14)16-12(19)7-10-5-4-9(3)11(15)6-10/h4-6,8H,7H2,1-3H3,(H,16,17,19). The molecule has 0 saturated heterocycles. The van der Waals surface area contributed by atoms with E-state index in [1.165, 1.54) is 17.4 Å². The molecule has 4 nitrogen and oxygen atoms in total. The Morgan fingerprint density at radius 3 is 2.86 bits per heavy atom. The van der Waals surface area contributed by atoms with Crippen LogP contribution in [0.5, 0.6) is 0 Å². The minimum Gasteiger partial charge on any atom is -0.300 e. The van der Waals surface area contributed by atoms with Gasteiger partial charge < -0.3 is 5.32 Å². The zero-order valence-corrected chi connectivity index (χ0v) is 13.6. The van der Waals surface area contributed by atoms with Gasteiger partial charge in [0.15, 0.2) is 4.34 Å². The SMILES string of the molecule is Cc1ccc(CC(=O)Nc2nnc(SC(C)C)s2)cc1F. The third-order valence-electron chi connectivity index (χ3n) is 2.59. The van der Waals surface area contributed by atoms with Crippen molar-refractivity contribution in [3.63, 3.8) is 0 Å². The first-order chi connectivity index (χ1) is 9.94. The molecule has 21 heavy (non-hydrogen) atoms. The maximum Gasteiger partial charge on any atom is 0.230 e. The van der Waals surface area contributed by atoms with Crippen LogP contribution < -0.4 is 5.32 Å². The third-order valence-corrected chi connectivity index (χ3v) is 4.52. The van der Waals surface area contributed by atoms with Gasteiger partial charge in [-0.15, -0.1) is 10.2 Å². The van der Waals surface area contributed by atoms with Crippen LogP contribution in [0.3, 0.4) is 0 Å². The Morgan fingerprint density at radius 2 is 2.19 bits per heavy atom. The van der Waals surface area contributed by atoms with E-state index in [9.17, 15) is 9.18 Å². The highest BCUT2D eigenvalue weighted by atomic mass is 32.2. The van der Waals surface area contributed by atoms with E-state index in [4.69, 9.17) is 0 Å².